The Morgan fingerprint density at radius 3 is 3.11 bits per heavy atom. The molecule has 0 radical (unpaired) electrons. The van der Waals surface area contributed by atoms with Gasteiger partial charge in [0.25, 0.3) is 0 Å². The van der Waals surface area contributed by atoms with Crippen molar-refractivity contribution in [3.8, 4) is 0 Å². The van der Waals surface area contributed by atoms with E-state index in [-0.39, 0.29) is 11.9 Å². The molecule has 6 nitrogen and oxygen atoms in total. The number of para-hydroxylation sites is 1. The first-order valence-electron chi connectivity index (χ1n) is 8.97. The lowest BCUT2D eigenvalue weighted by molar-refractivity contribution is -0.133. The van der Waals surface area contributed by atoms with Gasteiger partial charge in [0.1, 0.15) is 17.4 Å². The van der Waals surface area contributed by atoms with Crippen molar-refractivity contribution < 1.29 is 9.21 Å². The molecule has 0 fully saturated rings. The van der Waals surface area contributed by atoms with Crippen LogP contribution in [0.1, 0.15) is 35.3 Å². The highest BCUT2D eigenvalue weighted by atomic mass is 32.1. The Morgan fingerprint density at radius 1 is 1.33 bits per heavy atom. The molecule has 1 aliphatic rings. The number of thiazole rings is 1. The maximum Gasteiger partial charge on any atom is 0.223 e. The molecule has 136 valence electrons. The molecule has 0 saturated heterocycles. The van der Waals surface area contributed by atoms with Gasteiger partial charge in [0.15, 0.2) is 0 Å². The molecule has 1 amide bonds. The molecule has 1 N–H and O–H groups in total. The number of rotatable bonds is 4. The van der Waals surface area contributed by atoms with Gasteiger partial charge < -0.3 is 14.3 Å². The third kappa shape index (κ3) is 2.94. The number of fused-ring (bicyclic) bond motifs is 2. The Morgan fingerprint density at radius 2 is 2.26 bits per heavy atom. The molecule has 0 unspecified atom stereocenters. The SMILES string of the molecule is O=C(CCc1cscn1)N1CCc2[nH]cnc2[C@@H]1c1cc2ccccc2o1. The van der Waals surface area contributed by atoms with Crippen molar-refractivity contribution in [2.24, 2.45) is 0 Å². The van der Waals surface area contributed by atoms with Crippen molar-refractivity contribution in [2.75, 3.05) is 6.54 Å². The minimum atomic E-state index is -0.296. The topological polar surface area (TPSA) is 75.0 Å². The zero-order chi connectivity index (χ0) is 18.2. The average molecular weight is 378 g/mol. The first kappa shape index (κ1) is 16.3. The summed E-state index contributed by atoms with van der Waals surface area (Å²) in [5.41, 5.74) is 5.54. The summed E-state index contributed by atoms with van der Waals surface area (Å²) < 4.78 is 6.11. The fourth-order valence-electron chi connectivity index (χ4n) is 3.71. The Kier molecular flexibility index (Phi) is 4.01. The van der Waals surface area contributed by atoms with Crippen LogP contribution in [0.15, 0.2) is 52.0 Å². The summed E-state index contributed by atoms with van der Waals surface area (Å²) in [7, 11) is 0. The molecular weight excluding hydrogens is 360 g/mol. The molecule has 0 saturated carbocycles. The summed E-state index contributed by atoms with van der Waals surface area (Å²) in [5.74, 6) is 0.855. The van der Waals surface area contributed by atoms with Crippen LogP contribution in [-0.4, -0.2) is 32.3 Å². The standard InChI is InChI=1S/C20H18N4O2S/c25-18(6-5-14-10-27-12-23-14)24-8-7-15-19(22-11-21-15)20(24)17-9-13-3-1-2-4-16(13)26-17/h1-4,9-12,20H,5-8H2,(H,21,22)/t20-/m0/s1. The van der Waals surface area contributed by atoms with Crippen molar-refractivity contribution in [1.82, 2.24) is 19.9 Å². The van der Waals surface area contributed by atoms with Gasteiger partial charge in [0, 0.05) is 35.8 Å². The van der Waals surface area contributed by atoms with Crippen LogP contribution < -0.4 is 0 Å². The van der Waals surface area contributed by atoms with Gasteiger partial charge in [-0.05, 0) is 18.6 Å². The van der Waals surface area contributed by atoms with Crippen LogP contribution in [0.25, 0.3) is 11.0 Å². The second kappa shape index (κ2) is 6.66. The van der Waals surface area contributed by atoms with Gasteiger partial charge >= 0.3 is 0 Å². The molecule has 1 aliphatic heterocycles. The molecule has 4 aromatic rings. The second-order valence-corrected chi connectivity index (χ2v) is 7.39. The molecule has 1 atom stereocenters. The minimum Gasteiger partial charge on any atom is -0.458 e. The zero-order valence-electron chi connectivity index (χ0n) is 14.6. The minimum absolute atomic E-state index is 0.0992. The van der Waals surface area contributed by atoms with E-state index in [9.17, 15) is 4.79 Å². The van der Waals surface area contributed by atoms with E-state index >= 15 is 0 Å². The first-order valence-corrected chi connectivity index (χ1v) is 9.91. The number of hydrogen-bond acceptors (Lipinski definition) is 5. The highest BCUT2D eigenvalue weighted by Crippen LogP contribution is 2.36. The van der Waals surface area contributed by atoms with Crippen LogP contribution in [-0.2, 0) is 17.6 Å². The highest BCUT2D eigenvalue weighted by Gasteiger charge is 2.36. The van der Waals surface area contributed by atoms with Crippen molar-refractivity contribution in [1.29, 1.82) is 0 Å². The number of carbonyl (C=O) groups is 1. The number of carbonyl (C=O) groups excluding carboxylic acids is 1. The van der Waals surface area contributed by atoms with Gasteiger partial charge in [-0.25, -0.2) is 9.97 Å². The second-order valence-electron chi connectivity index (χ2n) is 6.67. The smallest absolute Gasteiger partial charge is 0.223 e. The number of aromatic nitrogens is 3. The monoisotopic (exact) mass is 378 g/mol. The van der Waals surface area contributed by atoms with E-state index < -0.39 is 0 Å². The molecular formula is C20H18N4O2S. The Hall–Kier alpha value is -2.93. The van der Waals surface area contributed by atoms with Gasteiger partial charge in [-0.15, -0.1) is 11.3 Å². The number of nitrogens with zero attached hydrogens (tertiary/aromatic N) is 3. The van der Waals surface area contributed by atoms with Crippen molar-refractivity contribution in [3.05, 3.63) is 70.4 Å². The number of aromatic amines is 1. The van der Waals surface area contributed by atoms with Crippen LogP contribution in [0, 0.1) is 0 Å². The first-order chi connectivity index (χ1) is 13.3. The van der Waals surface area contributed by atoms with Crippen molar-refractivity contribution >= 4 is 28.2 Å². The third-order valence-corrected chi connectivity index (χ3v) is 5.67. The fraction of sp³-hybridized carbons (Fsp3) is 0.250. The molecule has 27 heavy (non-hydrogen) atoms. The number of H-pyrrole nitrogens is 1. The molecule has 4 heterocycles. The van der Waals surface area contributed by atoms with Gasteiger partial charge in [-0.1, -0.05) is 18.2 Å². The van der Waals surface area contributed by atoms with Crippen LogP contribution in [0.3, 0.4) is 0 Å². The number of hydrogen-bond donors (Lipinski definition) is 1. The van der Waals surface area contributed by atoms with Crippen LogP contribution in [0.5, 0.6) is 0 Å². The van der Waals surface area contributed by atoms with E-state index in [0.717, 1.165) is 40.2 Å². The van der Waals surface area contributed by atoms with E-state index in [1.807, 2.05) is 40.6 Å². The molecule has 0 bridgehead atoms. The predicted molar refractivity (Wildman–Crippen MR) is 102 cm³/mol. The van der Waals surface area contributed by atoms with E-state index in [2.05, 4.69) is 15.0 Å². The van der Waals surface area contributed by atoms with E-state index in [0.29, 0.717) is 19.4 Å². The highest BCUT2D eigenvalue weighted by molar-refractivity contribution is 7.07. The Labute approximate surface area is 159 Å². The van der Waals surface area contributed by atoms with Gasteiger partial charge in [-0.3, -0.25) is 4.79 Å². The molecule has 0 spiro atoms. The number of benzene rings is 1. The number of aryl methyl sites for hydroxylation is 1. The van der Waals surface area contributed by atoms with E-state index in [1.54, 1.807) is 23.2 Å². The van der Waals surface area contributed by atoms with Gasteiger partial charge in [-0.2, -0.15) is 0 Å². The van der Waals surface area contributed by atoms with Crippen molar-refractivity contribution in [3.63, 3.8) is 0 Å². The molecule has 5 rings (SSSR count). The predicted octanol–water partition coefficient (Wildman–Crippen LogP) is 3.72. The van der Waals surface area contributed by atoms with E-state index in [1.165, 1.54) is 0 Å². The Bertz CT molecular complexity index is 1050. The van der Waals surface area contributed by atoms with Crippen LogP contribution in [0.2, 0.25) is 0 Å². The summed E-state index contributed by atoms with van der Waals surface area (Å²) in [6, 6.07) is 9.62. The lowest BCUT2D eigenvalue weighted by atomic mass is 9.99. The molecule has 3 aromatic heterocycles. The summed E-state index contributed by atoms with van der Waals surface area (Å²) >= 11 is 1.55. The van der Waals surface area contributed by atoms with E-state index in [4.69, 9.17) is 4.42 Å². The van der Waals surface area contributed by atoms with Gasteiger partial charge in [0.05, 0.1) is 23.2 Å². The Balaban J connectivity index is 1.49. The maximum absolute atomic E-state index is 13.0. The summed E-state index contributed by atoms with van der Waals surface area (Å²) in [6.07, 6.45) is 3.55. The maximum atomic E-state index is 13.0. The summed E-state index contributed by atoms with van der Waals surface area (Å²) in [6.45, 7) is 0.646. The number of furan rings is 1. The normalized spacial score (nSPS) is 16.6. The molecule has 7 heteroatoms. The summed E-state index contributed by atoms with van der Waals surface area (Å²) in [4.78, 5) is 26.9. The van der Waals surface area contributed by atoms with Gasteiger partial charge in [0.2, 0.25) is 5.91 Å². The summed E-state index contributed by atoms with van der Waals surface area (Å²) in [5, 5.41) is 3.02. The van der Waals surface area contributed by atoms with Crippen molar-refractivity contribution in [2.45, 2.75) is 25.3 Å². The molecule has 0 aliphatic carbocycles. The quantitative estimate of drug-likeness (QED) is 0.587. The van der Waals surface area contributed by atoms with Crippen LogP contribution >= 0.6 is 11.3 Å². The largest absolute Gasteiger partial charge is 0.458 e. The third-order valence-electron chi connectivity index (χ3n) is 5.04. The number of amides is 1. The lowest BCUT2D eigenvalue weighted by Gasteiger charge is -2.33. The zero-order valence-corrected chi connectivity index (χ0v) is 15.4. The lowest BCUT2D eigenvalue weighted by Crippen LogP contribution is -2.40. The molecule has 1 aromatic carbocycles. The number of imidazole rings is 1. The van der Waals surface area contributed by atoms with Crippen LogP contribution in [0.4, 0.5) is 0 Å². The number of nitrogens with one attached hydrogen (secondary N) is 1. The fourth-order valence-corrected chi connectivity index (χ4v) is 4.30. The average Bonchev–Trinajstić information content (AvgIpc) is 3.45.